The van der Waals surface area contributed by atoms with Crippen LogP contribution in [-0.2, 0) is 9.53 Å². The Kier molecular flexibility index (Phi) is 2.60. The van der Waals surface area contributed by atoms with E-state index in [1.165, 1.54) is 4.90 Å². The normalized spacial score (nSPS) is 29.0. The minimum atomic E-state index is -1.38. The van der Waals surface area contributed by atoms with Gasteiger partial charge in [0, 0.05) is 5.75 Å². The summed E-state index contributed by atoms with van der Waals surface area (Å²) < 4.78 is 4.56. The van der Waals surface area contributed by atoms with Crippen LogP contribution in [0.3, 0.4) is 0 Å². The molecule has 2 heterocycles. The van der Waals surface area contributed by atoms with Crippen LogP contribution in [0.25, 0.3) is 0 Å². The highest BCUT2D eigenvalue weighted by atomic mass is 32.2. The van der Waals surface area contributed by atoms with Crippen LogP contribution in [0, 0.1) is 5.92 Å². The van der Waals surface area contributed by atoms with Gasteiger partial charge in [-0.15, -0.1) is 11.8 Å². The van der Waals surface area contributed by atoms with Crippen molar-refractivity contribution in [1.29, 1.82) is 0 Å². The van der Waals surface area contributed by atoms with Crippen molar-refractivity contribution in [2.24, 2.45) is 5.92 Å². The van der Waals surface area contributed by atoms with Crippen LogP contribution in [0.1, 0.15) is 13.3 Å². The molecular weight excluding hydrogens is 218 g/mol. The van der Waals surface area contributed by atoms with Crippen molar-refractivity contribution in [1.82, 2.24) is 4.90 Å². The Labute approximate surface area is 91.1 Å². The third-order valence-electron chi connectivity index (χ3n) is 2.55. The van der Waals surface area contributed by atoms with Crippen LogP contribution in [0.15, 0.2) is 12.0 Å². The summed E-state index contributed by atoms with van der Waals surface area (Å²) in [5.41, 5.74) is 0. The van der Waals surface area contributed by atoms with Gasteiger partial charge in [0.1, 0.15) is 0 Å². The molecule has 1 fully saturated rings. The van der Waals surface area contributed by atoms with E-state index in [0.717, 1.165) is 6.42 Å². The number of rotatable bonds is 2. The van der Waals surface area contributed by atoms with E-state index in [9.17, 15) is 9.59 Å². The third kappa shape index (κ3) is 1.58. The molecule has 0 aromatic rings. The molecule has 1 saturated heterocycles. The number of nitrogens with zero attached hydrogens (tertiary/aromatic N) is 1. The fraction of sp³-hybridized carbons (Fsp3) is 0.556. The largest absolute Gasteiger partial charge is 0.512 e. The van der Waals surface area contributed by atoms with Gasteiger partial charge in [0.15, 0.2) is 0 Å². The van der Waals surface area contributed by atoms with E-state index in [-0.39, 0.29) is 23.1 Å². The monoisotopic (exact) mass is 229 g/mol. The molecule has 0 aromatic heterocycles. The van der Waals surface area contributed by atoms with Gasteiger partial charge in [-0.2, -0.15) is 0 Å². The van der Waals surface area contributed by atoms with Crippen molar-refractivity contribution in [3.05, 3.63) is 12.0 Å². The van der Waals surface area contributed by atoms with Crippen LogP contribution < -0.4 is 0 Å². The van der Waals surface area contributed by atoms with E-state index in [0.29, 0.717) is 5.75 Å². The molecule has 1 unspecified atom stereocenters. The van der Waals surface area contributed by atoms with Gasteiger partial charge >= 0.3 is 6.16 Å². The topological polar surface area (TPSA) is 66.8 Å². The molecule has 2 rings (SSSR count). The molecule has 0 saturated carbocycles. The summed E-state index contributed by atoms with van der Waals surface area (Å²) in [6.07, 6.45) is 1.03. The van der Waals surface area contributed by atoms with Crippen molar-refractivity contribution < 1.29 is 19.4 Å². The first-order valence-electron chi connectivity index (χ1n) is 4.70. The maximum atomic E-state index is 11.6. The van der Waals surface area contributed by atoms with E-state index < -0.39 is 6.16 Å². The van der Waals surface area contributed by atoms with Crippen LogP contribution in [0.4, 0.5) is 4.79 Å². The zero-order valence-electron chi connectivity index (χ0n) is 8.17. The minimum Gasteiger partial charge on any atom is -0.449 e. The van der Waals surface area contributed by atoms with Crippen LogP contribution in [0.5, 0.6) is 0 Å². The summed E-state index contributed by atoms with van der Waals surface area (Å²) >= 11 is 1.64. The highest BCUT2D eigenvalue weighted by Crippen LogP contribution is 2.42. The molecule has 2 aliphatic rings. The molecular formula is C9H11NO4S. The zero-order valence-corrected chi connectivity index (χ0v) is 8.99. The Hall–Kier alpha value is -1.17. The molecule has 6 heteroatoms. The fourth-order valence-corrected chi connectivity index (χ4v) is 3.16. The van der Waals surface area contributed by atoms with Crippen molar-refractivity contribution in [2.75, 3.05) is 5.75 Å². The Morgan fingerprint density at radius 1 is 1.80 bits per heavy atom. The quantitative estimate of drug-likeness (QED) is 0.573. The number of carbonyl (C=O) groups is 2. The molecule has 1 N–H and O–H groups in total. The molecule has 2 aliphatic heterocycles. The summed E-state index contributed by atoms with van der Waals surface area (Å²) in [4.78, 5) is 23.4. The first-order valence-corrected chi connectivity index (χ1v) is 5.75. The van der Waals surface area contributed by atoms with Crippen LogP contribution in [0.2, 0.25) is 0 Å². The fourth-order valence-electron chi connectivity index (χ4n) is 1.82. The maximum absolute atomic E-state index is 11.6. The lowest BCUT2D eigenvalue weighted by atomic mass is 9.95. The number of carbonyl (C=O) groups excluding carboxylic acids is 1. The predicted molar refractivity (Wildman–Crippen MR) is 54.1 cm³/mol. The van der Waals surface area contributed by atoms with Gasteiger partial charge in [-0.05, 0) is 12.5 Å². The average Bonchev–Trinajstić information content (AvgIpc) is 2.16. The first-order chi connectivity index (χ1) is 7.15. The number of amides is 1. The maximum Gasteiger partial charge on any atom is 0.512 e. The smallest absolute Gasteiger partial charge is 0.449 e. The SMILES string of the molecule is CCC1C(=O)N2C(OC(=O)O)=CCS[C@@H]12. The van der Waals surface area contributed by atoms with E-state index in [2.05, 4.69) is 4.74 Å². The van der Waals surface area contributed by atoms with Crippen molar-refractivity contribution in [2.45, 2.75) is 18.7 Å². The standard InChI is InChI=1S/C9H11NO4S/c1-2-5-7(11)10-6(14-9(12)13)3-4-15-8(5)10/h3,5,8H,2,4H2,1H3,(H,12,13)/t5?,8-/m0/s1. The Bertz CT molecular complexity index is 341. The molecule has 0 radical (unpaired) electrons. The molecule has 0 spiro atoms. The van der Waals surface area contributed by atoms with Crippen molar-refractivity contribution in [3.63, 3.8) is 0 Å². The summed E-state index contributed by atoms with van der Waals surface area (Å²) in [7, 11) is 0. The second-order valence-corrected chi connectivity index (χ2v) is 4.51. The van der Waals surface area contributed by atoms with Crippen LogP contribution in [-0.4, -0.2) is 33.2 Å². The van der Waals surface area contributed by atoms with Crippen molar-refractivity contribution >= 4 is 23.8 Å². The molecule has 15 heavy (non-hydrogen) atoms. The van der Waals surface area contributed by atoms with Gasteiger partial charge in [-0.25, -0.2) is 4.79 Å². The van der Waals surface area contributed by atoms with Gasteiger partial charge < -0.3 is 9.84 Å². The number of β-lactam (4-membered cyclic amide) rings is 1. The van der Waals surface area contributed by atoms with Gasteiger partial charge in [0.25, 0.3) is 0 Å². The molecule has 0 aliphatic carbocycles. The lowest BCUT2D eigenvalue weighted by Gasteiger charge is -2.47. The Morgan fingerprint density at radius 3 is 3.13 bits per heavy atom. The number of carboxylic acid groups (broad SMARTS) is 1. The lowest BCUT2D eigenvalue weighted by Crippen LogP contribution is -2.59. The molecule has 0 aromatic carbocycles. The average molecular weight is 229 g/mol. The minimum absolute atomic E-state index is 0.0103. The summed E-state index contributed by atoms with van der Waals surface area (Å²) in [6, 6.07) is 0. The number of fused-ring (bicyclic) bond motifs is 1. The molecule has 82 valence electrons. The second-order valence-electron chi connectivity index (χ2n) is 3.36. The predicted octanol–water partition coefficient (Wildman–Crippen LogP) is 1.46. The molecule has 1 amide bonds. The van der Waals surface area contributed by atoms with E-state index in [4.69, 9.17) is 5.11 Å². The highest BCUT2D eigenvalue weighted by molar-refractivity contribution is 8.00. The number of thioether (sulfide) groups is 1. The Balaban J connectivity index is 2.12. The number of ether oxygens (including phenoxy) is 1. The summed E-state index contributed by atoms with van der Waals surface area (Å²) in [6.45, 7) is 1.95. The zero-order chi connectivity index (χ0) is 11.0. The molecule has 0 bridgehead atoms. The van der Waals surface area contributed by atoms with Gasteiger partial charge in [-0.1, -0.05) is 6.92 Å². The third-order valence-corrected chi connectivity index (χ3v) is 3.79. The lowest BCUT2D eigenvalue weighted by molar-refractivity contribution is -0.150. The van der Waals surface area contributed by atoms with Gasteiger partial charge in [-0.3, -0.25) is 9.69 Å². The van der Waals surface area contributed by atoms with E-state index in [1.54, 1.807) is 17.8 Å². The van der Waals surface area contributed by atoms with Gasteiger partial charge in [0.2, 0.25) is 11.8 Å². The first kappa shape index (κ1) is 10.4. The van der Waals surface area contributed by atoms with Crippen molar-refractivity contribution in [3.8, 4) is 0 Å². The Morgan fingerprint density at radius 2 is 2.53 bits per heavy atom. The van der Waals surface area contributed by atoms with E-state index in [1.807, 2.05) is 6.92 Å². The van der Waals surface area contributed by atoms with Gasteiger partial charge in [0.05, 0.1) is 11.3 Å². The van der Waals surface area contributed by atoms with Crippen LogP contribution >= 0.6 is 11.8 Å². The highest BCUT2D eigenvalue weighted by Gasteiger charge is 2.50. The number of hydrogen-bond donors (Lipinski definition) is 1. The number of hydrogen-bond acceptors (Lipinski definition) is 4. The summed E-state index contributed by atoms with van der Waals surface area (Å²) in [5, 5.41) is 8.55. The second kappa shape index (κ2) is 3.77. The van der Waals surface area contributed by atoms with E-state index >= 15 is 0 Å². The molecule has 2 atom stereocenters. The molecule has 5 nitrogen and oxygen atoms in total. The summed E-state index contributed by atoms with van der Waals surface area (Å²) in [5.74, 6) is 0.826.